The molecule has 0 N–H and O–H groups in total. The first-order valence-electron chi connectivity index (χ1n) is 7.68. The minimum Gasteiger partial charge on any atom is -0.356 e. The van der Waals surface area contributed by atoms with E-state index in [1.165, 1.54) is 19.3 Å². The maximum atomic E-state index is 4.77. The van der Waals surface area contributed by atoms with Gasteiger partial charge >= 0.3 is 0 Å². The highest BCUT2D eigenvalue weighted by Crippen LogP contribution is 2.19. The zero-order chi connectivity index (χ0) is 13.5. The monoisotopic (exact) mass is 262 g/mol. The summed E-state index contributed by atoms with van der Waals surface area (Å²) in [4.78, 5) is 13.9. The molecule has 0 bridgehead atoms. The van der Waals surface area contributed by atoms with Gasteiger partial charge in [-0.3, -0.25) is 0 Å². The summed E-state index contributed by atoms with van der Waals surface area (Å²) >= 11 is 0. The van der Waals surface area contributed by atoms with Crippen LogP contribution in [0.4, 0.5) is 11.8 Å². The Morgan fingerprint density at radius 1 is 1.11 bits per heavy atom. The highest BCUT2D eigenvalue weighted by atomic mass is 15.3. The molecule has 1 saturated heterocycles. The number of piperidine rings is 1. The fraction of sp³-hybridized carbons (Fsp3) is 0.733. The molecule has 2 heterocycles. The topological polar surface area (TPSA) is 32.3 Å². The van der Waals surface area contributed by atoms with Gasteiger partial charge in [0.05, 0.1) is 0 Å². The van der Waals surface area contributed by atoms with Gasteiger partial charge in [-0.15, -0.1) is 0 Å². The van der Waals surface area contributed by atoms with Gasteiger partial charge in [0, 0.05) is 32.4 Å². The third kappa shape index (κ3) is 3.82. The first kappa shape index (κ1) is 14.1. The minimum absolute atomic E-state index is 0.911. The van der Waals surface area contributed by atoms with E-state index in [1.807, 2.05) is 12.3 Å². The summed E-state index contributed by atoms with van der Waals surface area (Å²) < 4.78 is 0. The number of anilines is 2. The lowest BCUT2D eigenvalue weighted by Gasteiger charge is -2.28. The van der Waals surface area contributed by atoms with E-state index >= 15 is 0 Å². The van der Waals surface area contributed by atoms with E-state index in [9.17, 15) is 0 Å². The average Bonchev–Trinajstić information content (AvgIpc) is 2.48. The lowest BCUT2D eigenvalue weighted by Crippen LogP contribution is -2.32. The van der Waals surface area contributed by atoms with Crippen molar-refractivity contribution in [3.05, 3.63) is 12.3 Å². The molecule has 1 aliphatic heterocycles. The van der Waals surface area contributed by atoms with Gasteiger partial charge in [-0.25, -0.2) is 4.98 Å². The molecule has 0 unspecified atom stereocenters. The van der Waals surface area contributed by atoms with E-state index in [-0.39, 0.29) is 0 Å². The fourth-order valence-corrected chi connectivity index (χ4v) is 2.64. The zero-order valence-electron chi connectivity index (χ0n) is 12.3. The Kier molecular flexibility index (Phi) is 5.43. The molecule has 2 rings (SSSR count). The molecule has 106 valence electrons. The standard InChI is InChI=1S/C15H26N4/c1-3-10-18(11-4-2)14-8-9-16-15(17-14)19-12-6-5-7-13-19/h8-9H,3-7,10-13H2,1-2H3. The molecule has 0 spiro atoms. The van der Waals surface area contributed by atoms with Crippen molar-refractivity contribution in [3.63, 3.8) is 0 Å². The van der Waals surface area contributed by atoms with Crippen molar-refractivity contribution in [2.45, 2.75) is 46.0 Å². The van der Waals surface area contributed by atoms with Gasteiger partial charge < -0.3 is 9.80 Å². The summed E-state index contributed by atoms with van der Waals surface area (Å²) in [7, 11) is 0. The predicted octanol–water partition coefficient (Wildman–Crippen LogP) is 3.09. The number of rotatable bonds is 6. The van der Waals surface area contributed by atoms with Crippen molar-refractivity contribution >= 4 is 11.8 Å². The van der Waals surface area contributed by atoms with Crippen molar-refractivity contribution in [2.24, 2.45) is 0 Å². The van der Waals surface area contributed by atoms with Crippen molar-refractivity contribution in [1.82, 2.24) is 9.97 Å². The normalized spacial score (nSPS) is 15.6. The third-order valence-corrected chi connectivity index (χ3v) is 3.58. The van der Waals surface area contributed by atoms with Gasteiger partial charge in [-0.1, -0.05) is 13.8 Å². The summed E-state index contributed by atoms with van der Waals surface area (Å²) in [5.41, 5.74) is 0. The zero-order valence-corrected chi connectivity index (χ0v) is 12.3. The van der Waals surface area contributed by atoms with Crippen LogP contribution in [-0.4, -0.2) is 36.1 Å². The molecule has 4 heteroatoms. The van der Waals surface area contributed by atoms with Crippen LogP contribution < -0.4 is 9.80 Å². The highest BCUT2D eigenvalue weighted by molar-refractivity contribution is 5.43. The van der Waals surface area contributed by atoms with Crippen molar-refractivity contribution < 1.29 is 0 Å². The molecule has 1 aliphatic rings. The maximum Gasteiger partial charge on any atom is 0.227 e. The number of aromatic nitrogens is 2. The Morgan fingerprint density at radius 2 is 1.79 bits per heavy atom. The second-order valence-electron chi connectivity index (χ2n) is 5.25. The van der Waals surface area contributed by atoms with Crippen LogP contribution in [0.3, 0.4) is 0 Å². The first-order valence-corrected chi connectivity index (χ1v) is 7.68. The lowest BCUT2D eigenvalue weighted by atomic mass is 10.1. The van der Waals surface area contributed by atoms with Gasteiger partial charge in [0.1, 0.15) is 5.82 Å². The molecule has 1 aromatic rings. The van der Waals surface area contributed by atoms with Crippen molar-refractivity contribution in [2.75, 3.05) is 36.0 Å². The van der Waals surface area contributed by atoms with Gasteiger partial charge in [-0.2, -0.15) is 4.98 Å². The van der Waals surface area contributed by atoms with Crippen LogP contribution in [0.15, 0.2) is 12.3 Å². The molecular weight excluding hydrogens is 236 g/mol. The van der Waals surface area contributed by atoms with E-state index in [0.717, 1.165) is 50.8 Å². The number of nitrogens with zero attached hydrogens (tertiary/aromatic N) is 4. The smallest absolute Gasteiger partial charge is 0.227 e. The summed E-state index contributed by atoms with van der Waals surface area (Å²) in [5.74, 6) is 1.99. The minimum atomic E-state index is 0.911. The summed E-state index contributed by atoms with van der Waals surface area (Å²) in [6.07, 6.45) is 8.09. The fourth-order valence-electron chi connectivity index (χ4n) is 2.64. The number of hydrogen-bond acceptors (Lipinski definition) is 4. The first-order chi connectivity index (χ1) is 9.35. The van der Waals surface area contributed by atoms with Crippen molar-refractivity contribution in [1.29, 1.82) is 0 Å². The highest BCUT2D eigenvalue weighted by Gasteiger charge is 2.15. The van der Waals surface area contributed by atoms with Crippen LogP contribution in [0.5, 0.6) is 0 Å². The number of hydrogen-bond donors (Lipinski definition) is 0. The van der Waals surface area contributed by atoms with Crippen LogP contribution in [0.25, 0.3) is 0 Å². The van der Waals surface area contributed by atoms with Gasteiger partial charge in [-0.05, 0) is 38.2 Å². The Balaban J connectivity index is 2.12. The molecule has 19 heavy (non-hydrogen) atoms. The van der Waals surface area contributed by atoms with Gasteiger partial charge in [0.2, 0.25) is 5.95 Å². The van der Waals surface area contributed by atoms with Crippen LogP contribution in [-0.2, 0) is 0 Å². The molecule has 4 nitrogen and oxygen atoms in total. The Bertz CT molecular complexity index is 368. The molecule has 0 aliphatic carbocycles. The van der Waals surface area contributed by atoms with E-state index in [2.05, 4.69) is 28.6 Å². The van der Waals surface area contributed by atoms with Crippen molar-refractivity contribution in [3.8, 4) is 0 Å². The van der Waals surface area contributed by atoms with E-state index in [0.29, 0.717) is 0 Å². The van der Waals surface area contributed by atoms with Gasteiger partial charge in [0.15, 0.2) is 0 Å². The molecule has 0 amide bonds. The molecule has 0 radical (unpaired) electrons. The average molecular weight is 262 g/mol. The van der Waals surface area contributed by atoms with Crippen LogP contribution in [0.1, 0.15) is 46.0 Å². The molecule has 0 aromatic carbocycles. The third-order valence-electron chi connectivity index (χ3n) is 3.58. The largest absolute Gasteiger partial charge is 0.356 e. The Morgan fingerprint density at radius 3 is 2.42 bits per heavy atom. The SMILES string of the molecule is CCCN(CCC)c1ccnc(N2CCCCC2)n1. The maximum absolute atomic E-state index is 4.77. The quantitative estimate of drug-likeness (QED) is 0.788. The Hall–Kier alpha value is -1.32. The molecule has 0 atom stereocenters. The lowest BCUT2D eigenvalue weighted by molar-refractivity contribution is 0.567. The molecule has 0 saturated carbocycles. The summed E-state index contributed by atoms with van der Waals surface area (Å²) in [5, 5.41) is 0. The molecule has 1 aromatic heterocycles. The second-order valence-corrected chi connectivity index (χ2v) is 5.25. The second kappa shape index (κ2) is 7.31. The van der Waals surface area contributed by atoms with Gasteiger partial charge in [0.25, 0.3) is 0 Å². The molecule has 1 fully saturated rings. The van der Waals surface area contributed by atoms with Crippen LogP contribution in [0, 0.1) is 0 Å². The molecular formula is C15H26N4. The van der Waals surface area contributed by atoms with E-state index in [4.69, 9.17) is 4.98 Å². The predicted molar refractivity (Wildman–Crippen MR) is 80.9 cm³/mol. The Labute approximate surface area is 116 Å². The summed E-state index contributed by atoms with van der Waals surface area (Å²) in [6, 6.07) is 2.04. The van der Waals surface area contributed by atoms with E-state index in [1.54, 1.807) is 0 Å². The van der Waals surface area contributed by atoms with Crippen LogP contribution in [0.2, 0.25) is 0 Å². The van der Waals surface area contributed by atoms with Crippen LogP contribution >= 0.6 is 0 Å². The summed E-state index contributed by atoms with van der Waals surface area (Å²) in [6.45, 7) is 8.79. The van der Waals surface area contributed by atoms with E-state index < -0.39 is 0 Å².